The lowest BCUT2D eigenvalue weighted by molar-refractivity contribution is 0.0361. The van der Waals surface area contributed by atoms with E-state index >= 15 is 0 Å². The standard InChI is InChI=1S/C20H22N8O2/c1-3-9-29-15-6-10-30-18-12-13(11-17-25-26-19(15)28(17)18)14-4-7-21-20(23-14)24-16-5-8-22-27(16)2/h4-5,7-8,11-12,15H,3,6,9-10H2,1-2H3,(H,21,23,24). The average Bonchev–Trinajstić information content (AvgIpc) is 3.31. The van der Waals surface area contributed by atoms with Crippen LogP contribution in [0.15, 0.2) is 36.7 Å². The number of nitrogens with one attached hydrogen (secondary N) is 1. The first-order chi connectivity index (χ1) is 14.7. The molecule has 4 aromatic rings. The molecule has 30 heavy (non-hydrogen) atoms. The first kappa shape index (κ1) is 18.5. The van der Waals surface area contributed by atoms with Crippen molar-refractivity contribution >= 4 is 17.4 Å². The van der Waals surface area contributed by atoms with Crippen LogP contribution in [0.5, 0.6) is 5.88 Å². The lowest BCUT2D eigenvalue weighted by Gasteiger charge is -2.12. The minimum absolute atomic E-state index is 0.124. The third-order valence-corrected chi connectivity index (χ3v) is 4.95. The smallest absolute Gasteiger partial charge is 0.228 e. The van der Waals surface area contributed by atoms with Crippen LogP contribution in [0.4, 0.5) is 11.8 Å². The van der Waals surface area contributed by atoms with Crippen molar-refractivity contribution in [2.24, 2.45) is 7.05 Å². The van der Waals surface area contributed by atoms with Gasteiger partial charge in [-0.05, 0) is 18.6 Å². The van der Waals surface area contributed by atoms with Crippen LogP contribution in [-0.4, -0.2) is 47.6 Å². The summed E-state index contributed by atoms with van der Waals surface area (Å²) in [4.78, 5) is 8.95. The van der Waals surface area contributed by atoms with Gasteiger partial charge in [-0.15, -0.1) is 10.2 Å². The molecular formula is C20H22N8O2. The van der Waals surface area contributed by atoms with Crippen LogP contribution in [0, 0.1) is 0 Å². The number of pyridine rings is 1. The summed E-state index contributed by atoms with van der Waals surface area (Å²) in [6.07, 6.45) is 4.99. The van der Waals surface area contributed by atoms with Gasteiger partial charge in [-0.2, -0.15) is 5.10 Å². The van der Waals surface area contributed by atoms with Gasteiger partial charge >= 0.3 is 0 Å². The van der Waals surface area contributed by atoms with E-state index in [1.807, 2.05) is 35.7 Å². The second-order valence-corrected chi connectivity index (χ2v) is 7.06. The zero-order valence-corrected chi connectivity index (χ0v) is 16.8. The summed E-state index contributed by atoms with van der Waals surface area (Å²) in [5.41, 5.74) is 2.33. The van der Waals surface area contributed by atoms with Gasteiger partial charge in [0.2, 0.25) is 11.8 Å². The molecule has 4 aromatic heterocycles. The van der Waals surface area contributed by atoms with E-state index < -0.39 is 0 Å². The Morgan fingerprint density at radius 2 is 2.17 bits per heavy atom. The Morgan fingerprint density at radius 1 is 1.23 bits per heavy atom. The molecule has 0 aromatic carbocycles. The minimum atomic E-state index is -0.124. The summed E-state index contributed by atoms with van der Waals surface area (Å²) in [6.45, 7) is 3.32. The summed E-state index contributed by atoms with van der Waals surface area (Å²) >= 11 is 0. The van der Waals surface area contributed by atoms with Crippen molar-refractivity contribution < 1.29 is 9.47 Å². The Hall–Kier alpha value is -3.53. The molecule has 0 amide bonds. The Morgan fingerprint density at radius 3 is 3.00 bits per heavy atom. The molecule has 0 saturated heterocycles. The normalized spacial score (nSPS) is 15.7. The number of hydrogen-bond donors (Lipinski definition) is 1. The fourth-order valence-corrected chi connectivity index (χ4v) is 3.48. The highest BCUT2D eigenvalue weighted by molar-refractivity contribution is 5.67. The van der Waals surface area contributed by atoms with Crippen molar-refractivity contribution in [1.29, 1.82) is 0 Å². The second-order valence-electron chi connectivity index (χ2n) is 7.06. The maximum atomic E-state index is 6.01. The monoisotopic (exact) mass is 406 g/mol. The van der Waals surface area contributed by atoms with Gasteiger partial charge in [-0.1, -0.05) is 6.92 Å². The lowest BCUT2D eigenvalue weighted by Crippen LogP contribution is -2.09. The third kappa shape index (κ3) is 3.35. The van der Waals surface area contributed by atoms with Crippen LogP contribution in [0.1, 0.15) is 31.7 Å². The molecule has 0 saturated carbocycles. The summed E-state index contributed by atoms with van der Waals surface area (Å²) in [5, 5.41) is 16.1. The Balaban J connectivity index is 1.51. The largest absolute Gasteiger partial charge is 0.478 e. The molecule has 154 valence electrons. The molecule has 10 heteroatoms. The fraction of sp³-hybridized carbons (Fsp3) is 0.350. The van der Waals surface area contributed by atoms with Crippen LogP contribution in [0.3, 0.4) is 0 Å². The minimum Gasteiger partial charge on any atom is -0.478 e. The van der Waals surface area contributed by atoms with Crippen LogP contribution >= 0.6 is 0 Å². The molecule has 0 aliphatic carbocycles. The van der Waals surface area contributed by atoms with Crippen LogP contribution < -0.4 is 10.1 Å². The Bertz CT molecular complexity index is 1180. The van der Waals surface area contributed by atoms with Gasteiger partial charge < -0.3 is 14.8 Å². The summed E-state index contributed by atoms with van der Waals surface area (Å²) in [6, 6.07) is 7.62. The fourth-order valence-electron chi connectivity index (χ4n) is 3.48. The zero-order chi connectivity index (χ0) is 20.5. The highest BCUT2D eigenvalue weighted by atomic mass is 16.5. The van der Waals surface area contributed by atoms with Crippen LogP contribution in [0.2, 0.25) is 0 Å². The van der Waals surface area contributed by atoms with E-state index in [0.29, 0.717) is 30.7 Å². The van der Waals surface area contributed by atoms with E-state index in [-0.39, 0.29) is 6.10 Å². The Labute approximate surface area is 172 Å². The number of rotatable bonds is 6. The van der Waals surface area contributed by atoms with E-state index in [0.717, 1.165) is 35.7 Å². The summed E-state index contributed by atoms with van der Waals surface area (Å²) < 4.78 is 15.6. The maximum Gasteiger partial charge on any atom is 0.228 e. The predicted octanol–water partition coefficient (Wildman–Crippen LogP) is 2.91. The van der Waals surface area contributed by atoms with Gasteiger partial charge in [0.25, 0.3) is 0 Å². The van der Waals surface area contributed by atoms with E-state index in [9.17, 15) is 0 Å². The van der Waals surface area contributed by atoms with Crippen molar-refractivity contribution in [3.05, 3.63) is 42.5 Å². The molecular weight excluding hydrogens is 384 g/mol. The molecule has 1 aliphatic rings. The molecule has 1 N–H and O–H groups in total. The molecule has 0 bridgehead atoms. The number of ether oxygens (including phenoxy) is 2. The van der Waals surface area contributed by atoms with E-state index in [2.05, 4.69) is 37.5 Å². The third-order valence-electron chi connectivity index (χ3n) is 4.95. The first-order valence-corrected chi connectivity index (χ1v) is 9.95. The highest BCUT2D eigenvalue weighted by Crippen LogP contribution is 2.32. The van der Waals surface area contributed by atoms with Crippen molar-refractivity contribution in [1.82, 2.24) is 34.3 Å². The van der Waals surface area contributed by atoms with Gasteiger partial charge in [0.1, 0.15) is 11.9 Å². The molecule has 5 rings (SSSR count). The van der Waals surface area contributed by atoms with Crippen LogP contribution in [0.25, 0.3) is 16.9 Å². The summed E-state index contributed by atoms with van der Waals surface area (Å²) in [7, 11) is 1.85. The molecule has 1 atom stereocenters. The first-order valence-electron chi connectivity index (χ1n) is 9.95. The number of anilines is 2. The van der Waals surface area contributed by atoms with Crippen molar-refractivity contribution in [3.63, 3.8) is 0 Å². The molecule has 1 aliphatic heterocycles. The SMILES string of the molecule is CCCOC1CCOc2cc(-c3ccnc(Nc4ccnn4C)n3)cc3nnc1n23. The molecule has 5 heterocycles. The van der Waals surface area contributed by atoms with Gasteiger partial charge in [-0.25, -0.2) is 14.4 Å². The molecule has 0 spiro atoms. The number of aromatic nitrogens is 7. The summed E-state index contributed by atoms with van der Waals surface area (Å²) in [5.74, 6) is 2.75. The van der Waals surface area contributed by atoms with Crippen molar-refractivity contribution in [2.45, 2.75) is 25.9 Å². The molecule has 10 nitrogen and oxygen atoms in total. The van der Waals surface area contributed by atoms with Crippen LogP contribution in [-0.2, 0) is 11.8 Å². The second kappa shape index (κ2) is 7.71. The van der Waals surface area contributed by atoms with Gasteiger partial charge in [0, 0.05) is 44.0 Å². The maximum absolute atomic E-state index is 6.01. The van der Waals surface area contributed by atoms with E-state index in [4.69, 9.17) is 9.47 Å². The quantitative estimate of drug-likeness (QED) is 0.521. The number of hydrogen-bond acceptors (Lipinski definition) is 8. The molecule has 0 fully saturated rings. The van der Waals surface area contributed by atoms with E-state index in [1.165, 1.54) is 0 Å². The zero-order valence-electron chi connectivity index (χ0n) is 16.8. The molecule has 0 radical (unpaired) electrons. The predicted molar refractivity (Wildman–Crippen MR) is 110 cm³/mol. The Kier molecular flexibility index (Phi) is 4.75. The van der Waals surface area contributed by atoms with Gasteiger partial charge in [-0.3, -0.25) is 4.68 Å². The van der Waals surface area contributed by atoms with E-state index in [1.54, 1.807) is 17.1 Å². The molecule has 1 unspecified atom stereocenters. The van der Waals surface area contributed by atoms with Crippen molar-refractivity contribution in [3.8, 4) is 17.1 Å². The van der Waals surface area contributed by atoms with Gasteiger partial charge in [0.15, 0.2) is 11.5 Å². The highest BCUT2D eigenvalue weighted by Gasteiger charge is 2.25. The van der Waals surface area contributed by atoms with Gasteiger partial charge in [0.05, 0.1) is 18.5 Å². The average molecular weight is 406 g/mol. The lowest BCUT2D eigenvalue weighted by atomic mass is 10.2. The number of aryl methyl sites for hydroxylation is 1. The van der Waals surface area contributed by atoms with Crippen molar-refractivity contribution in [2.75, 3.05) is 18.5 Å². The topological polar surface area (TPSA) is 104 Å². The number of nitrogens with zero attached hydrogens (tertiary/aromatic N) is 7.